The molecule has 0 aliphatic heterocycles. The number of ether oxygens (including phenoxy) is 1. The molecule has 1 atom stereocenters. The molecule has 158 valence electrons. The summed E-state index contributed by atoms with van der Waals surface area (Å²) >= 11 is 0. The van der Waals surface area contributed by atoms with E-state index in [1.54, 1.807) is 19.2 Å². The van der Waals surface area contributed by atoms with E-state index < -0.39 is 0 Å². The van der Waals surface area contributed by atoms with Crippen LogP contribution in [0.5, 0.6) is 5.75 Å². The van der Waals surface area contributed by atoms with Gasteiger partial charge in [0.1, 0.15) is 17.7 Å². The van der Waals surface area contributed by atoms with Crippen molar-refractivity contribution in [3.8, 4) is 5.75 Å². The van der Waals surface area contributed by atoms with E-state index in [1.807, 2.05) is 31.2 Å². The third-order valence-corrected chi connectivity index (χ3v) is 3.98. The smallest absolute Gasteiger partial charge is 0.221 e. The van der Waals surface area contributed by atoms with Crippen LogP contribution in [0.25, 0.3) is 0 Å². The Hall–Kier alpha value is -2.36. The van der Waals surface area contributed by atoms with Gasteiger partial charge < -0.3 is 20.7 Å². The third kappa shape index (κ3) is 9.12. The van der Waals surface area contributed by atoms with Crippen molar-refractivity contribution in [1.82, 2.24) is 10.6 Å². The number of hydrogen-bond donors (Lipinski definition) is 3. The number of anilines is 1. The van der Waals surface area contributed by atoms with Gasteiger partial charge in [-0.05, 0) is 36.2 Å². The molecule has 8 heteroatoms. The minimum atomic E-state index is -0.320. The molecule has 29 heavy (non-hydrogen) atoms. The maximum Gasteiger partial charge on any atom is 0.221 e. The summed E-state index contributed by atoms with van der Waals surface area (Å²) in [6.45, 7) is 4.56. The molecule has 2 aromatic rings. The van der Waals surface area contributed by atoms with Crippen LogP contribution in [0, 0.1) is 5.82 Å². The summed E-state index contributed by atoms with van der Waals surface area (Å²) < 4.78 is 19.1. The fourth-order valence-corrected chi connectivity index (χ4v) is 2.58. The number of aliphatic imine (C=N–C) groups is 1. The van der Waals surface area contributed by atoms with Crippen LogP contribution in [0.4, 0.5) is 10.1 Å². The highest BCUT2D eigenvalue weighted by Crippen LogP contribution is 2.15. The molecule has 0 saturated heterocycles. The molecule has 3 N–H and O–H groups in total. The SMILES string of the molecule is CCC(CNC(=NC)NCc1cccc(NC(C)=O)c1)Oc1cccc(F)c1.I. The van der Waals surface area contributed by atoms with Crippen LogP contribution in [0.3, 0.4) is 0 Å². The molecule has 0 aliphatic carbocycles. The van der Waals surface area contributed by atoms with Gasteiger partial charge in [-0.1, -0.05) is 25.1 Å². The minimum absolute atomic E-state index is 0. The first-order valence-corrected chi connectivity index (χ1v) is 9.23. The van der Waals surface area contributed by atoms with Gasteiger partial charge in [0.2, 0.25) is 5.91 Å². The summed E-state index contributed by atoms with van der Waals surface area (Å²) in [7, 11) is 1.69. The Bertz CT molecular complexity index is 817. The van der Waals surface area contributed by atoms with Crippen LogP contribution in [-0.2, 0) is 11.3 Å². The molecule has 0 aliphatic rings. The summed E-state index contributed by atoms with van der Waals surface area (Å²) in [5.41, 5.74) is 1.77. The lowest BCUT2D eigenvalue weighted by Gasteiger charge is -2.20. The highest BCUT2D eigenvalue weighted by molar-refractivity contribution is 14.0. The second-order valence-corrected chi connectivity index (χ2v) is 6.29. The van der Waals surface area contributed by atoms with Gasteiger partial charge in [0.15, 0.2) is 5.96 Å². The fourth-order valence-electron chi connectivity index (χ4n) is 2.58. The molecule has 2 rings (SSSR count). The fraction of sp³-hybridized carbons (Fsp3) is 0.333. The quantitative estimate of drug-likeness (QED) is 0.284. The van der Waals surface area contributed by atoms with Crippen molar-refractivity contribution >= 4 is 41.5 Å². The molecule has 0 bridgehead atoms. The van der Waals surface area contributed by atoms with Crippen molar-refractivity contribution in [2.45, 2.75) is 32.9 Å². The number of nitrogens with one attached hydrogen (secondary N) is 3. The second-order valence-electron chi connectivity index (χ2n) is 6.29. The van der Waals surface area contributed by atoms with Crippen molar-refractivity contribution in [2.24, 2.45) is 4.99 Å². The van der Waals surface area contributed by atoms with E-state index in [0.717, 1.165) is 17.7 Å². The molecule has 0 aromatic heterocycles. The van der Waals surface area contributed by atoms with Gasteiger partial charge in [-0.25, -0.2) is 4.39 Å². The third-order valence-electron chi connectivity index (χ3n) is 3.98. The Kier molecular flexibility index (Phi) is 11.0. The Morgan fingerprint density at radius 2 is 1.93 bits per heavy atom. The van der Waals surface area contributed by atoms with E-state index in [9.17, 15) is 9.18 Å². The lowest BCUT2D eigenvalue weighted by atomic mass is 10.2. The molecule has 0 heterocycles. The lowest BCUT2D eigenvalue weighted by Crippen LogP contribution is -2.42. The summed E-state index contributed by atoms with van der Waals surface area (Å²) in [6, 6.07) is 13.7. The maximum absolute atomic E-state index is 13.3. The number of halogens is 2. The predicted molar refractivity (Wildman–Crippen MR) is 125 cm³/mol. The lowest BCUT2D eigenvalue weighted by molar-refractivity contribution is -0.114. The van der Waals surface area contributed by atoms with E-state index >= 15 is 0 Å². The van der Waals surface area contributed by atoms with E-state index in [1.165, 1.54) is 19.1 Å². The number of carbonyl (C=O) groups excluding carboxylic acids is 1. The Balaban J connectivity index is 0.00000420. The van der Waals surface area contributed by atoms with Crippen molar-refractivity contribution in [2.75, 3.05) is 18.9 Å². The average molecular weight is 514 g/mol. The Labute approximate surface area is 188 Å². The molecule has 0 radical (unpaired) electrons. The van der Waals surface area contributed by atoms with Crippen LogP contribution in [0.15, 0.2) is 53.5 Å². The van der Waals surface area contributed by atoms with Crippen LogP contribution in [0.1, 0.15) is 25.8 Å². The molecular weight excluding hydrogens is 486 g/mol. The van der Waals surface area contributed by atoms with E-state index in [4.69, 9.17) is 4.74 Å². The zero-order valence-corrected chi connectivity index (χ0v) is 19.2. The van der Waals surface area contributed by atoms with Crippen molar-refractivity contribution < 1.29 is 13.9 Å². The second kappa shape index (κ2) is 13.0. The molecule has 0 spiro atoms. The Morgan fingerprint density at radius 3 is 2.59 bits per heavy atom. The zero-order chi connectivity index (χ0) is 20.4. The summed E-state index contributed by atoms with van der Waals surface area (Å²) in [5.74, 6) is 0.711. The van der Waals surface area contributed by atoms with E-state index in [-0.39, 0.29) is 41.8 Å². The molecule has 1 unspecified atom stereocenters. The number of hydrogen-bond acceptors (Lipinski definition) is 3. The van der Waals surface area contributed by atoms with Gasteiger partial charge in [-0.2, -0.15) is 0 Å². The van der Waals surface area contributed by atoms with Crippen LogP contribution >= 0.6 is 24.0 Å². The van der Waals surface area contributed by atoms with Crippen molar-refractivity contribution in [3.05, 3.63) is 59.9 Å². The summed E-state index contributed by atoms with van der Waals surface area (Å²) in [4.78, 5) is 15.4. The predicted octanol–water partition coefficient (Wildman–Crippen LogP) is 3.92. The number of rotatable bonds is 8. The number of amides is 1. The molecule has 0 fully saturated rings. The standard InChI is InChI=1S/C21H27FN4O2.HI/c1-4-19(28-20-10-6-8-17(22)12-20)14-25-21(23-3)24-13-16-7-5-9-18(11-16)26-15(2)27;/h5-12,19H,4,13-14H2,1-3H3,(H,26,27)(H2,23,24,25);1H. The van der Waals surface area contributed by atoms with E-state index in [2.05, 4.69) is 20.9 Å². The van der Waals surface area contributed by atoms with E-state index in [0.29, 0.717) is 24.8 Å². The van der Waals surface area contributed by atoms with Gasteiger partial charge in [-0.3, -0.25) is 9.79 Å². The highest BCUT2D eigenvalue weighted by atomic mass is 127. The first kappa shape index (κ1) is 24.7. The molecular formula is C21H28FIN4O2. The average Bonchev–Trinajstić information content (AvgIpc) is 2.67. The van der Waals surface area contributed by atoms with Crippen molar-refractivity contribution in [3.63, 3.8) is 0 Å². The number of nitrogens with zero attached hydrogens (tertiary/aromatic N) is 1. The largest absolute Gasteiger partial charge is 0.489 e. The molecule has 2 aromatic carbocycles. The van der Waals surface area contributed by atoms with Gasteiger partial charge >= 0.3 is 0 Å². The monoisotopic (exact) mass is 514 g/mol. The maximum atomic E-state index is 13.3. The number of benzene rings is 2. The first-order valence-electron chi connectivity index (χ1n) is 9.23. The van der Waals surface area contributed by atoms with Gasteiger partial charge in [0, 0.05) is 32.3 Å². The summed E-state index contributed by atoms with van der Waals surface area (Å²) in [5, 5.41) is 9.22. The first-order chi connectivity index (χ1) is 13.5. The Morgan fingerprint density at radius 1 is 1.17 bits per heavy atom. The van der Waals surface area contributed by atoms with Gasteiger partial charge in [-0.15, -0.1) is 24.0 Å². The normalized spacial score (nSPS) is 11.8. The van der Waals surface area contributed by atoms with Crippen LogP contribution in [-0.4, -0.2) is 31.6 Å². The van der Waals surface area contributed by atoms with Gasteiger partial charge in [0.25, 0.3) is 0 Å². The number of carbonyl (C=O) groups is 1. The topological polar surface area (TPSA) is 74.8 Å². The zero-order valence-electron chi connectivity index (χ0n) is 16.9. The van der Waals surface area contributed by atoms with Crippen molar-refractivity contribution in [1.29, 1.82) is 0 Å². The highest BCUT2D eigenvalue weighted by Gasteiger charge is 2.10. The molecule has 1 amide bonds. The minimum Gasteiger partial charge on any atom is -0.489 e. The summed E-state index contributed by atoms with van der Waals surface area (Å²) in [6.07, 6.45) is 0.641. The molecule has 6 nitrogen and oxygen atoms in total. The van der Waals surface area contributed by atoms with Gasteiger partial charge in [0.05, 0.1) is 6.54 Å². The molecule has 0 saturated carbocycles. The van der Waals surface area contributed by atoms with Crippen LogP contribution < -0.4 is 20.7 Å². The van der Waals surface area contributed by atoms with Crippen LogP contribution in [0.2, 0.25) is 0 Å². The number of guanidine groups is 1.